The van der Waals surface area contributed by atoms with E-state index in [1.807, 2.05) is 24.3 Å². The van der Waals surface area contributed by atoms with Crippen LogP contribution in [0.3, 0.4) is 0 Å². The van der Waals surface area contributed by atoms with Crippen LogP contribution < -0.4 is 10.2 Å². The molecule has 2 fully saturated rings. The molecule has 174 valence electrons. The van der Waals surface area contributed by atoms with Gasteiger partial charge < -0.3 is 10.2 Å². The van der Waals surface area contributed by atoms with Gasteiger partial charge in [0.05, 0.1) is 4.91 Å². The molecule has 0 unspecified atom stereocenters. The van der Waals surface area contributed by atoms with Crippen LogP contribution in [0.5, 0.6) is 0 Å². The van der Waals surface area contributed by atoms with Gasteiger partial charge in [-0.3, -0.25) is 24.1 Å². The Morgan fingerprint density at radius 1 is 1.09 bits per heavy atom. The van der Waals surface area contributed by atoms with Gasteiger partial charge in [-0.1, -0.05) is 30.3 Å². The number of carbonyl (C=O) groups excluding carboxylic acids is 4. The molecule has 2 heterocycles. The highest BCUT2D eigenvalue weighted by Gasteiger charge is 2.34. The van der Waals surface area contributed by atoms with Gasteiger partial charge in [-0.05, 0) is 54.1 Å². The second-order valence-electron chi connectivity index (χ2n) is 7.72. The maximum atomic E-state index is 13.8. The molecule has 2 aliphatic rings. The highest BCUT2D eigenvalue weighted by atomic mass is 32.2. The number of amides is 4. The third-order valence-corrected chi connectivity index (χ3v) is 6.31. The summed E-state index contributed by atoms with van der Waals surface area (Å²) in [7, 11) is 0. The lowest BCUT2D eigenvalue weighted by Crippen LogP contribution is -2.36. The molecule has 0 bridgehead atoms. The zero-order chi connectivity index (χ0) is 24.1. The van der Waals surface area contributed by atoms with E-state index in [4.69, 9.17) is 0 Å². The van der Waals surface area contributed by atoms with Gasteiger partial charge >= 0.3 is 0 Å². The molecule has 4 amide bonds. The number of halogens is 1. The fourth-order valence-electron chi connectivity index (χ4n) is 3.63. The van der Waals surface area contributed by atoms with Crippen molar-refractivity contribution in [3.8, 4) is 0 Å². The van der Waals surface area contributed by atoms with Crippen molar-refractivity contribution < 1.29 is 23.6 Å². The molecule has 34 heavy (non-hydrogen) atoms. The molecule has 0 aliphatic carbocycles. The average molecular weight is 480 g/mol. The van der Waals surface area contributed by atoms with Crippen molar-refractivity contribution in [3.05, 3.63) is 76.5 Å². The molecule has 4 rings (SSSR count). The lowest BCUT2D eigenvalue weighted by Gasteiger charge is -2.15. The zero-order valence-corrected chi connectivity index (χ0v) is 19.0. The Balaban J connectivity index is 1.27. The molecule has 1 N–H and O–H groups in total. The van der Waals surface area contributed by atoms with E-state index in [9.17, 15) is 23.6 Å². The summed E-state index contributed by atoms with van der Waals surface area (Å²) in [6.07, 6.45) is 5.78. The van der Waals surface area contributed by atoms with Crippen molar-refractivity contribution in [1.82, 2.24) is 10.2 Å². The Morgan fingerprint density at radius 3 is 2.56 bits per heavy atom. The fourth-order valence-corrected chi connectivity index (χ4v) is 4.49. The number of nitrogens with one attached hydrogen (secondary N) is 1. The Hall–Kier alpha value is -3.72. The molecule has 0 atom stereocenters. The summed E-state index contributed by atoms with van der Waals surface area (Å²) in [6, 6.07) is 13.3. The minimum atomic E-state index is -0.514. The van der Waals surface area contributed by atoms with E-state index in [1.165, 1.54) is 24.3 Å². The molecular formula is C25H22FN3O4S. The number of hydrogen-bond donors (Lipinski definition) is 1. The number of anilines is 1. The van der Waals surface area contributed by atoms with E-state index in [2.05, 4.69) is 5.32 Å². The van der Waals surface area contributed by atoms with Crippen molar-refractivity contribution in [2.75, 3.05) is 24.5 Å². The van der Waals surface area contributed by atoms with Crippen molar-refractivity contribution in [1.29, 1.82) is 0 Å². The molecule has 0 aromatic heterocycles. The average Bonchev–Trinajstić information content (AvgIpc) is 3.37. The summed E-state index contributed by atoms with van der Waals surface area (Å²) in [5, 5.41) is 2.18. The maximum absolute atomic E-state index is 13.8. The summed E-state index contributed by atoms with van der Waals surface area (Å²) in [4.78, 5) is 51.5. The Bertz CT molecular complexity index is 1190. The maximum Gasteiger partial charge on any atom is 0.293 e. The lowest BCUT2D eigenvalue weighted by atomic mass is 10.2. The number of rotatable bonds is 7. The third-order valence-electron chi connectivity index (χ3n) is 5.41. The molecule has 9 heteroatoms. The number of nitrogens with zero attached hydrogens (tertiary/aromatic N) is 2. The third kappa shape index (κ3) is 5.43. The van der Waals surface area contributed by atoms with Crippen molar-refractivity contribution in [2.45, 2.75) is 12.8 Å². The monoisotopic (exact) mass is 479 g/mol. The van der Waals surface area contributed by atoms with Crippen molar-refractivity contribution in [2.24, 2.45) is 0 Å². The summed E-state index contributed by atoms with van der Waals surface area (Å²) in [6.45, 7) is 0.818. The Labute approximate surface area is 200 Å². The van der Waals surface area contributed by atoms with Crippen molar-refractivity contribution in [3.63, 3.8) is 0 Å². The second kappa shape index (κ2) is 10.5. The van der Waals surface area contributed by atoms with Crippen LogP contribution in [0.15, 0.2) is 59.5 Å². The van der Waals surface area contributed by atoms with E-state index in [1.54, 1.807) is 23.1 Å². The summed E-state index contributed by atoms with van der Waals surface area (Å²) >= 11 is 0.743. The molecule has 2 aromatic rings. The van der Waals surface area contributed by atoms with Gasteiger partial charge in [-0.25, -0.2) is 4.39 Å². The topological polar surface area (TPSA) is 86.8 Å². The first-order chi connectivity index (χ1) is 16.4. The van der Waals surface area contributed by atoms with E-state index in [-0.39, 0.29) is 35.4 Å². The normalized spacial score (nSPS) is 17.4. The standard InChI is InChI=1S/C25H22FN3O4S/c26-20-5-2-1-4-18(20)16-21-24(32)29(25(33)34-21)15-13-27-22(30)12-9-17-7-10-19(11-8-17)28-14-3-6-23(28)31/h1-2,4-5,7-12,16H,3,6,13-15H2,(H,27,30)/b12-9+,21-16-. The van der Waals surface area contributed by atoms with Gasteiger partial charge in [-0.2, -0.15) is 0 Å². The van der Waals surface area contributed by atoms with E-state index < -0.39 is 17.0 Å². The van der Waals surface area contributed by atoms with Gasteiger partial charge in [0.1, 0.15) is 5.82 Å². The minimum absolute atomic E-state index is 0.0113. The molecule has 2 aliphatic heterocycles. The van der Waals surface area contributed by atoms with E-state index in [0.29, 0.717) is 6.42 Å². The van der Waals surface area contributed by atoms with E-state index >= 15 is 0 Å². The molecule has 0 saturated carbocycles. The van der Waals surface area contributed by atoms with Crippen LogP contribution in [0.1, 0.15) is 24.0 Å². The first-order valence-electron chi connectivity index (χ1n) is 10.8. The smallest absolute Gasteiger partial charge is 0.293 e. The number of carbonyl (C=O) groups is 4. The largest absolute Gasteiger partial charge is 0.351 e. The van der Waals surface area contributed by atoms with Crippen LogP contribution in [-0.4, -0.2) is 47.5 Å². The summed E-state index contributed by atoms with van der Waals surface area (Å²) in [5.74, 6) is -1.24. The van der Waals surface area contributed by atoms with Crippen LogP contribution in [0.4, 0.5) is 14.9 Å². The molecular weight excluding hydrogens is 457 g/mol. The molecule has 2 aromatic carbocycles. The van der Waals surface area contributed by atoms with E-state index in [0.717, 1.165) is 40.9 Å². The molecule has 0 spiro atoms. The molecule has 0 radical (unpaired) electrons. The van der Waals surface area contributed by atoms with Gasteiger partial charge in [0.2, 0.25) is 11.8 Å². The quantitative estimate of drug-likeness (QED) is 0.610. The molecule has 7 nitrogen and oxygen atoms in total. The predicted molar refractivity (Wildman–Crippen MR) is 129 cm³/mol. The number of hydrogen-bond acceptors (Lipinski definition) is 5. The van der Waals surface area contributed by atoms with Crippen LogP contribution >= 0.6 is 11.8 Å². The minimum Gasteiger partial charge on any atom is -0.351 e. The van der Waals surface area contributed by atoms with Gasteiger partial charge in [0.15, 0.2) is 0 Å². The zero-order valence-electron chi connectivity index (χ0n) is 18.2. The van der Waals surface area contributed by atoms with Crippen LogP contribution in [0, 0.1) is 5.82 Å². The first-order valence-corrected chi connectivity index (χ1v) is 11.6. The highest BCUT2D eigenvalue weighted by Crippen LogP contribution is 2.32. The van der Waals surface area contributed by atoms with Crippen LogP contribution in [-0.2, 0) is 14.4 Å². The Kier molecular flexibility index (Phi) is 7.22. The molecule has 2 saturated heterocycles. The van der Waals surface area contributed by atoms with Gasteiger partial charge in [0.25, 0.3) is 11.1 Å². The predicted octanol–water partition coefficient (Wildman–Crippen LogP) is 3.82. The van der Waals surface area contributed by atoms with Crippen molar-refractivity contribution >= 4 is 52.6 Å². The SMILES string of the molecule is O=C(/C=C/c1ccc(N2CCCC2=O)cc1)NCCN1C(=O)S/C(=C\c2ccccc2F)C1=O. The van der Waals surface area contributed by atoms with Crippen LogP contribution in [0.2, 0.25) is 0 Å². The summed E-state index contributed by atoms with van der Waals surface area (Å²) < 4.78 is 13.8. The first kappa shape index (κ1) is 23.4. The number of benzene rings is 2. The number of imide groups is 1. The second-order valence-corrected chi connectivity index (χ2v) is 8.71. The fraction of sp³-hybridized carbons (Fsp3) is 0.200. The van der Waals surface area contributed by atoms with Gasteiger partial charge in [-0.15, -0.1) is 0 Å². The Morgan fingerprint density at radius 2 is 1.85 bits per heavy atom. The summed E-state index contributed by atoms with van der Waals surface area (Å²) in [5.41, 5.74) is 1.87. The highest BCUT2D eigenvalue weighted by molar-refractivity contribution is 8.18. The number of thioether (sulfide) groups is 1. The lowest BCUT2D eigenvalue weighted by molar-refractivity contribution is -0.123. The van der Waals surface area contributed by atoms with Crippen LogP contribution in [0.25, 0.3) is 12.2 Å². The van der Waals surface area contributed by atoms with Gasteiger partial charge in [0, 0.05) is 43.4 Å².